The van der Waals surface area contributed by atoms with Gasteiger partial charge in [0.1, 0.15) is 17.4 Å². The van der Waals surface area contributed by atoms with Gasteiger partial charge in [0.25, 0.3) is 0 Å². The highest BCUT2D eigenvalue weighted by Crippen LogP contribution is 2.32. The number of hydrogen-bond donors (Lipinski definition) is 0. The molecule has 4 rings (SSSR count). The third kappa shape index (κ3) is 3.55. The SMILES string of the molecule is O=C(OCc1cc(Cl)cc2c1OCOC2)c1csc(-c2cccs2)n1. The van der Waals surface area contributed by atoms with Gasteiger partial charge in [0.05, 0.1) is 11.5 Å². The van der Waals surface area contributed by atoms with Gasteiger partial charge in [-0.1, -0.05) is 17.7 Å². The van der Waals surface area contributed by atoms with Crippen LogP contribution < -0.4 is 4.74 Å². The second-order valence-electron chi connectivity index (χ2n) is 5.26. The van der Waals surface area contributed by atoms with Gasteiger partial charge in [-0.05, 0) is 23.6 Å². The molecule has 3 heterocycles. The van der Waals surface area contributed by atoms with E-state index in [0.717, 1.165) is 15.4 Å². The van der Waals surface area contributed by atoms with Crippen LogP contribution in [0.3, 0.4) is 0 Å². The maximum Gasteiger partial charge on any atom is 0.358 e. The van der Waals surface area contributed by atoms with Gasteiger partial charge < -0.3 is 14.2 Å². The zero-order chi connectivity index (χ0) is 17.2. The number of carbonyl (C=O) groups is 1. The van der Waals surface area contributed by atoms with Crippen LogP contribution in [0.2, 0.25) is 5.02 Å². The zero-order valence-corrected chi connectivity index (χ0v) is 15.2. The van der Waals surface area contributed by atoms with Crippen LogP contribution in [0.1, 0.15) is 21.6 Å². The molecule has 8 heteroatoms. The Morgan fingerprint density at radius 1 is 1.36 bits per heavy atom. The summed E-state index contributed by atoms with van der Waals surface area (Å²) in [5.41, 5.74) is 1.86. The molecule has 0 amide bonds. The second kappa shape index (κ2) is 7.13. The number of aromatic nitrogens is 1. The number of thiazole rings is 1. The first-order chi connectivity index (χ1) is 12.2. The van der Waals surface area contributed by atoms with E-state index in [9.17, 15) is 4.79 Å². The fraction of sp³-hybridized carbons (Fsp3) is 0.176. The van der Waals surface area contributed by atoms with Gasteiger partial charge in [0.2, 0.25) is 0 Å². The summed E-state index contributed by atoms with van der Waals surface area (Å²) in [5, 5.41) is 5.03. The fourth-order valence-corrected chi connectivity index (χ4v) is 4.33. The molecule has 1 aliphatic heterocycles. The molecule has 128 valence electrons. The predicted molar refractivity (Wildman–Crippen MR) is 96.3 cm³/mol. The highest BCUT2D eigenvalue weighted by Gasteiger charge is 2.19. The Labute approximate surface area is 156 Å². The molecule has 0 N–H and O–H groups in total. The number of nitrogens with zero attached hydrogens (tertiary/aromatic N) is 1. The van der Waals surface area contributed by atoms with Gasteiger partial charge >= 0.3 is 5.97 Å². The second-order valence-corrected chi connectivity index (χ2v) is 7.50. The lowest BCUT2D eigenvalue weighted by molar-refractivity contribution is -0.0180. The molecule has 0 spiro atoms. The van der Waals surface area contributed by atoms with Gasteiger partial charge in [0.15, 0.2) is 12.5 Å². The molecule has 0 saturated heterocycles. The number of halogens is 1. The molecule has 25 heavy (non-hydrogen) atoms. The number of fused-ring (bicyclic) bond motifs is 1. The van der Waals surface area contributed by atoms with Crippen molar-refractivity contribution in [3.05, 3.63) is 56.9 Å². The normalized spacial score (nSPS) is 13.2. The molecule has 0 fully saturated rings. The first-order valence-corrected chi connectivity index (χ1v) is 9.53. The van der Waals surface area contributed by atoms with Crippen LogP contribution >= 0.6 is 34.3 Å². The van der Waals surface area contributed by atoms with Gasteiger partial charge in [-0.15, -0.1) is 22.7 Å². The molecular weight excluding hydrogens is 382 g/mol. The minimum atomic E-state index is -0.472. The molecule has 0 atom stereocenters. The van der Waals surface area contributed by atoms with Gasteiger partial charge in [-0.3, -0.25) is 0 Å². The van der Waals surface area contributed by atoms with Crippen molar-refractivity contribution in [3.8, 4) is 15.6 Å². The van der Waals surface area contributed by atoms with Crippen molar-refractivity contribution < 1.29 is 19.0 Å². The van der Waals surface area contributed by atoms with Gasteiger partial charge in [-0.25, -0.2) is 9.78 Å². The minimum Gasteiger partial charge on any atom is -0.467 e. The van der Waals surface area contributed by atoms with E-state index in [1.807, 2.05) is 17.5 Å². The Morgan fingerprint density at radius 3 is 3.12 bits per heavy atom. The molecule has 0 aliphatic carbocycles. The Kier molecular flexibility index (Phi) is 4.72. The Hall–Kier alpha value is -1.93. The summed E-state index contributed by atoms with van der Waals surface area (Å²) in [6.45, 7) is 0.659. The smallest absolute Gasteiger partial charge is 0.358 e. The number of ether oxygens (including phenoxy) is 3. The number of rotatable bonds is 4. The van der Waals surface area contributed by atoms with Crippen molar-refractivity contribution in [2.45, 2.75) is 13.2 Å². The van der Waals surface area contributed by atoms with Gasteiger partial charge in [-0.2, -0.15) is 0 Å². The van der Waals surface area contributed by atoms with E-state index in [2.05, 4.69) is 4.98 Å². The van der Waals surface area contributed by atoms with E-state index in [0.29, 0.717) is 28.6 Å². The Morgan fingerprint density at radius 2 is 2.28 bits per heavy atom. The molecule has 2 aromatic heterocycles. The largest absolute Gasteiger partial charge is 0.467 e. The molecule has 3 aromatic rings. The van der Waals surface area contributed by atoms with Crippen LogP contribution in [-0.4, -0.2) is 17.7 Å². The van der Waals surface area contributed by atoms with Crippen molar-refractivity contribution in [2.24, 2.45) is 0 Å². The van der Waals surface area contributed by atoms with Crippen LogP contribution in [0, 0.1) is 0 Å². The first kappa shape index (κ1) is 16.5. The molecule has 5 nitrogen and oxygen atoms in total. The molecule has 0 bridgehead atoms. The van der Waals surface area contributed by atoms with Crippen molar-refractivity contribution in [1.82, 2.24) is 4.98 Å². The molecule has 1 aliphatic rings. The minimum absolute atomic E-state index is 0.0631. The number of hydrogen-bond acceptors (Lipinski definition) is 7. The van der Waals surface area contributed by atoms with Crippen LogP contribution in [0.25, 0.3) is 9.88 Å². The fourth-order valence-electron chi connectivity index (χ4n) is 2.46. The maximum atomic E-state index is 12.3. The lowest BCUT2D eigenvalue weighted by atomic mass is 10.1. The van der Waals surface area contributed by atoms with E-state index in [1.165, 1.54) is 11.3 Å². The predicted octanol–water partition coefficient (Wildman–Crippen LogP) is 4.75. The Balaban J connectivity index is 1.48. The van der Waals surface area contributed by atoms with Crippen molar-refractivity contribution >= 4 is 40.2 Å². The summed E-state index contributed by atoms with van der Waals surface area (Å²) in [4.78, 5) is 17.7. The average molecular weight is 394 g/mol. The van der Waals surface area contributed by atoms with Crippen molar-refractivity contribution in [2.75, 3.05) is 6.79 Å². The number of esters is 1. The lowest BCUT2D eigenvalue weighted by Crippen LogP contribution is -2.14. The van der Waals surface area contributed by atoms with E-state index in [-0.39, 0.29) is 13.4 Å². The summed E-state index contributed by atoms with van der Waals surface area (Å²) in [6, 6.07) is 7.44. The highest BCUT2D eigenvalue weighted by molar-refractivity contribution is 7.20. The number of thiophene rings is 1. The number of benzene rings is 1. The summed E-state index contributed by atoms with van der Waals surface area (Å²) < 4.78 is 16.2. The van der Waals surface area contributed by atoms with Gasteiger partial charge in [0, 0.05) is 21.5 Å². The summed E-state index contributed by atoms with van der Waals surface area (Å²) in [7, 11) is 0. The quantitative estimate of drug-likeness (QED) is 0.599. The maximum absolute atomic E-state index is 12.3. The molecule has 0 radical (unpaired) electrons. The average Bonchev–Trinajstić information content (AvgIpc) is 3.30. The highest BCUT2D eigenvalue weighted by atomic mass is 35.5. The molecule has 0 saturated carbocycles. The monoisotopic (exact) mass is 393 g/mol. The van der Waals surface area contributed by atoms with E-state index in [1.54, 1.807) is 28.8 Å². The third-order valence-corrected chi connectivity index (χ3v) is 5.66. The van der Waals surface area contributed by atoms with Crippen molar-refractivity contribution in [1.29, 1.82) is 0 Å². The van der Waals surface area contributed by atoms with Crippen molar-refractivity contribution in [3.63, 3.8) is 0 Å². The summed E-state index contributed by atoms with van der Waals surface area (Å²) >= 11 is 9.11. The molecule has 0 unspecified atom stereocenters. The first-order valence-electron chi connectivity index (χ1n) is 7.39. The third-order valence-electron chi connectivity index (χ3n) is 3.56. The van der Waals surface area contributed by atoms with Crippen LogP contribution in [0.5, 0.6) is 5.75 Å². The van der Waals surface area contributed by atoms with Crippen LogP contribution in [0.4, 0.5) is 0 Å². The summed E-state index contributed by atoms with van der Waals surface area (Å²) in [6.07, 6.45) is 0. The van der Waals surface area contributed by atoms with Crippen LogP contribution in [-0.2, 0) is 22.7 Å². The molecule has 1 aromatic carbocycles. The van der Waals surface area contributed by atoms with Crippen LogP contribution in [0.15, 0.2) is 35.0 Å². The molecular formula is C17H12ClNO4S2. The lowest BCUT2D eigenvalue weighted by Gasteiger charge is -2.20. The zero-order valence-electron chi connectivity index (χ0n) is 12.9. The van der Waals surface area contributed by atoms with E-state index < -0.39 is 5.97 Å². The Bertz CT molecular complexity index is 908. The summed E-state index contributed by atoms with van der Waals surface area (Å²) in [5.74, 6) is 0.195. The van der Waals surface area contributed by atoms with E-state index >= 15 is 0 Å². The topological polar surface area (TPSA) is 57.7 Å². The number of carbonyl (C=O) groups excluding carboxylic acids is 1. The standard InChI is InChI=1S/C17H12ClNO4S2/c18-12-4-10-6-21-9-23-15(10)11(5-12)7-22-17(20)13-8-25-16(19-13)14-2-1-3-24-14/h1-5,8H,6-7,9H2. The van der Waals surface area contributed by atoms with E-state index in [4.69, 9.17) is 25.8 Å².